The van der Waals surface area contributed by atoms with Gasteiger partial charge in [-0.1, -0.05) is 0 Å². The van der Waals surface area contributed by atoms with E-state index in [0.717, 1.165) is 30.3 Å². The van der Waals surface area contributed by atoms with Gasteiger partial charge >= 0.3 is 0 Å². The molecule has 2 fully saturated rings. The fraction of sp³-hybridized carbons (Fsp3) is 0.571. The van der Waals surface area contributed by atoms with E-state index in [0.29, 0.717) is 12.1 Å². The second-order valence-corrected chi connectivity index (χ2v) is 5.34. The molecule has 1 saturated carbocycles. The maximum atomic E-state index is 5.87. The monoisotopic (exact) mass is 232 g/mol. The summed E-state index contributed by atoms with van der Waals surface area (Å²) in [6.07, 6.45) is 4.18. The predicted octanol–water partition coefficient (Wildman–Crippen LogP) is 2.56. The molecule has 17 heavy (non-hydrogen) atoms. The molecule has 92 valence electrons. The average molecular weight is 232 g/mol. The lowest BCUT2D eigenvalue weighted by Crippen LogP contribution is -2.30. The SMILES string of the molecule is Cc1cc(N)cc(NC2CCOC2C2CC2)c1. The molecular weight excluding hydrogens is 212 g/mol. The van der Waals surface area contributed by atoms with Crippen LogP contribution in [-0.4, -0.2) is 18.8 Å². The van der Waals surface area contributed by atoms with E-state index in [1.807, 2.05) is 12.1 Å². The Labute approximate surface area is 102 Å². The number of aryl methyl sites for hydroxylation is 1. The number of nitrogens with one attached hydrogen (secondary N) is 1. The summed E-state index contributed by atoms with van der Waals surface area (Å²) in [6.45, 7) is 2.96. The number of ether oxygens (including phenoxy) is 1. The maximum absolute atomic E-state index is 5.87. The standard InChI is InChI=1S/C14H20N2O/c1-9-6-11(15)8-12(7-9)16-13-4-5-17-14(13)10-2-3-10/h6-8,10,13-14,16H,2-5,15H2,1H3. The van der Waals surface area contributed by atoms with Gasteiger partial charge in [-0.05, 0) is 55.9 Å². The topological polar surface area (TPSA) is 47.3 Å². The Hall–Kier alpha value is -1.22. The number of hydrogen-bond donors (Lipinski definition) is 2. The lowest BCUT2D eigenvalue weighted by atomic mass is 10.1. The molecule has 3 N–H and O–H groups in total. The molecule has 0 spiro atoms. The van der Waals surface area contributed by atoms with Gasteiger partial charge in [-0.3, -0.25) is 0 Å². The van der Waals surface area contributed by atoms with Gasteiger partial charge in [0.1, 0.15) is 0 Å². The molecule has 0 amide bonds. The summed E-state index contributed by atoms with van der Waals surface area (Å²) in [5.74, 6) is 0.789. The molecule has 2 atom stereocenters. The first kappa shape index (κ1) is 10.9. The number of rotatable bonds is 3. The van der Waals surface area contributed by atoms with Crippen LogP contribution in [0.2, 0.25) is 0 Å². The minimum atomic E-state index is 0.414. The van der Waals surface area contributed by atoms with E-state index in [2.05, 4.69) is 18.3 Å². The zero-order chi connectivity index (χ0) is 11.8. The predicted molar refractivity (Wildman–Crippen MR) is 70.1 cm³/mol. The molecule has 1 aromatic carbocycles. The number of benzene rings is 1. The summed E-state index contributed by atoms with van der Waals surface area (Å²) in [5.41, 5.74) is 9.03. The van der Waals surface area contributed by atoms with Crippen LogP contribution >= 0.6 is 0 Å². The molecule has 0 bridgehead atoms. The van der Waals surface area contributed by atoms with Gasteiger partial charge in [-0.15, -0.1) is 0 Å². The third-order valence-corrected chi connectivity index (χ3v) is 3.67. The molecule has 2 aliphatic rings. The summed E-state index contributed by atoms with van der Waals surface area (Å²) in [6, 6.07) is 6.62. The van der Waals surface area contributed by atoms with Crippen molar-refractivity contribution in [1.29, 1.82) is 0 Å². The third-order valence-electron chi connectivity index (χ3n) is 3.67. The van der Waals surface area contributed by atoms with Gasteiger partial charge in [0.15, 0.2) is 0 Å². The molecular formula is C14H20N2O. The van der Waals surface area contributed by atoms with Crippen LogP contribution in [0.15, 0.2) is 18.2 Å². The van der Waals surface area contributed by atoms with Crippen LogP contribution in [0.5, 0.6) is 0 Å². The summed E-state index contributed by atoms with van der Waals surface area (Å²) in [4.78, 5) is 0. The van der Waals surface area contributed by atoms with E-state index in [-0.39, 0.29) is 0 Å². The Balaban J connectivity index is 1.72. The average Bonchev–Trinajstić information content (AvgIpc) is 2.99. The summed E-state index contributed by atoms with van der Waals surface area (Å²) < 4.78 is 5.83. The quantitative estimate of drug-likeness (QED) is 0.787. The van der Waals surface area contributed by atoms with E-state index < -0.39 is 0 Å². The largest absolute Gasteiger partial charge is 0.399 e. The van der Waals surface area contributed by atoms with Gasteiger partial charge in [0, 0.05) is 18.0 Å². The second-order valence-electron chi connectivity index (χ2n) is 5.34. The molecule has 0 radical (unpaired) electrons. The van der Waals surface area contributed by atoms with Gasteiger partial charge in [0.2, 0.25) is 0 Å². The van der Waals surface area contributed by atoms with Crippen LogP contribution in [-0.2, 0) is 4.74 Å². The minimum Gasteiger partial charge on any atom is -0.399 e. The van der Waals surface area contributed by atoms with Gasteiger partial charge in [-0.2, -0.15) is 0 Å². The van der Waals surface area contributed by atoms with Crippen molar-refractivity contribution in [3.8, 4) is 0 Å². The molecule has 1 aliphatic carbocycles. The lowest BCUT2D eigenvalue weighted by molar-refractivity contribution is 0.0898. The Kier molecular flexibility index (Phi) is 2.71. The molecule has 3 heteroatoms. The molecule has 1 heterocycles. The molecule has 3 nitrogen and oxygen atoms in total. The van der Waals surface area contributed by atoms with Crippen molar-refractivity contribution >= 4 is 11.4 Å². The van der Waals surface area contributed by atoms with Crippen molar-refractivity contribution < 1.29 is 4.74 Å². The first-order valence-corrected chi connectivity index (χ1v) is 6.48. The molecule has 3 rings (SSSR count). The van der Waals surface area contributed by atoms with Crippen molar-refractivity contribution in [2.24, 2.45) is 5.92 Å². The Morgan fingerprint density at radius 3 is 2.76 bits per heavy atom. The molecule has 1 aliphatic heterocycles. The van der Waals surface area contributed by atoms with Gasteiger partial charge in [0.25, 0.3) is 0 Å². The van der Waals surface area contributed by atoms with Crippen LogP contribution in [0.25, 0.3) is 0 Å². The molecule has 2 unspecified atom stereocenters. The van der Waals surface area contributed by atoms with E-state index in [1.165, 1.54) is 18.4 Å². The number of anilines is 2. The van der Waals surface area contributed by atoms with Gasteiger partial charge in [-0.25, -0.2) is 0 Å². The zero-order valence-corrected chi connectivity index (χ0v) is 10.3. The van der Waals surface area contributed by atoms with Crippen molar-refractivity contribution in [1.82, 2.24) is 0 Å². The highest BCUT2D eigenvalue weighted by Crippen LogP contribution is 2.39. The Morgan fingerprint density at radius 2 is 2.06 bits per heavy atom. The number of nitrogens with two attached hydrogens (primary N) is 1. The van der Waals surface area contributed by atoms with Crippen LogP contribution in [0.3, 0.4) is 0 Å². The van der Waals surface area contributed by atoms with Crippen molar-refractivity contribution in [2.45, 2.75) is 38.3 Å². The summed E-state index contributed by atoms with van der Waals surface area (Å²) >= 11 is 0. The van der Waals surface area contributed by atoms with Gasteiger partial charge in [0.05, 0.1) is 12.1 Å². The lowest BCUT2D eigenvalue weighted by Gasteiger charge is -2.21. The first-order valence-electron chi connectivity index (χ1n) is 6.48. The maximum Gasteiger partial charge on any atom is 0.0804 e. The summed E-state index contributed by atoms with van der Waals surface area (Å²) in [5, 5.41) is 3.59. The number of hydrogen-bond acceptors (Lipinski definition) is 3. The molecule has 1 saturated heterocycles. The van der Waals surface area contributed by atoms with Crippen LogP contribution in [0, 0.1) is 12.8 Å². The van der Waals surface area contributed by atoms with E-state index in [9.17, 15) is 0 Å². The normalized spacial score (nSPS) is 28.3. The highest BCUT2D eigenvalue weighted by molar-refractivity contribution is 5.57. The molecule has 0 aromatic heterocycles. The van der Waals surface area contributed by atoms with Crippen LogP contribution in [0.4, 0.5) is 11.4 Å². The van der Waals surface area contributed by atoms with Crippen molar-refractivity contribution in [3.63, 3.8) is 0 Å². The third kappa shape index (κ3) is 2.39. The Bertz CT molecular complexity index is 394. The minimum absolute atomic E-state index is 0.414. The first-order chi connectivity index (χ1) is 8.22. The number of nitrogen functional groups attached to an aromatic ring is 1. The second kappa shape index (κ2) is 4.22. The van der Waals surface area contributed by atoms with E-state index in [1.54, 1.807) is 0 Å². The fourth-order valence-electron chi connectivity index (χ4n) is 2.77. The fourth-order valence-corrected chi connectivity index (χ4v) is 2.77. The van der Waals surface area contributed by atoms with Gasteiger partial charge < -0.3 is 15.8 Å². The highest BCUT2D eigenvalue weighted by Gasteiger charge is 2.40. The van der Waals surface area contributed by atoms with Crippen molar-refractivity contribution in [3.05, 3.63) is 23.8 Å². The van der Waals surface area contributed by atoms with Crippen LogP contribution in [0.1, 0.15) is 24.8 Å². The summed E-state index contributed by atoms with van der Waals surface area (Å²) in [7, 11) is 0. The highest BCUT2D eigenvalue weighted by atomic mass is 16.5. The van der Waals surface area contributed by atoms with E-state index >= 15 is 0 Å². The van der Waals surface area contributed by atoms with E-state index in [4.69, 9.17) is 10.5 Å². The molecule has 1 aromatic rings. The van der Waals surface area contributed by atoms with Crippen molar-refractivity contribution in [2.75, 3.05) is 17.7 Å². The smallest absolute Gasteiger partial charge is 0.0804 e. The van der Waals surface area contributed by atoms with Crippen LogP contribution < -0.4 is 11.1 Å². The Morgan fingerprint density at radius 1 is 1.24 bits per heavy atom. The zero-order valence-electron chi connectivity index (χ0n) is 10.3.